The summed E-state index contributed by atoms with van der Waals surface area (Å²) in [6.07, 6.45) is -2.42. The van der Waals surface area contributed by atoms with Crippen molar-refractivity contribution in [3.05, 3.63) is 22.8 Å². The topological polar surface area (TPSA) is 45.1 Å². The lowest BCUT2D eigenvalue weighted by atomic mass is 10.2. The minimum Gasteiger partial charge on any atom is -0.396 e. The number of pyridine rings is 1. The van der Waals surface area contributed by atoms with Gasteiger partial charge in [-0.1, -0.05) is 11.6 Å². The molecule has 0 spiro atoms. The Hall–Kier alpha value is -1.01. The van der Waals surface area contributed by atoms with E-state index in [4.69, 9.17) is 16.7 Å². The van der Waals surface area contributed by atoms with Gasteiger partial charge in [-0.3, -0.25) is 0 Å². The fourth-order valence-electron chi connectivity index (χ4n) is 1.40. The van der Waals surface area contributed by atoms with Crippen LogP contribution in [-0.4, -0.2) is 22.7 Å². The second kappa shape index (κ2) is 6.24. The number of hydrogen-bond donors (Lipinski definition) is 2. The van der Waals surface area contributed by atoms with Crippen molar-refractivity contribution in [1.29, 1.82) is 0 Å². The maximum atomic E-state index is 12.4. The van der Waals surface area contributed by atoms with Gasteiger partial charge in [0, 0.05) is 18.8 Å². The molecule has 0 radical (unpaired) electrons. The number of aromatic nitrogens is 1. The number of aliphatic hydroxyl groups excluding tert-OH is 1. The van der Waals surface area contributed by atoms with Crippen LogP contribution in [0, 0.1) is 0 Å². The number of rotatable bonds is 5. The second-order valence-electron chi connectivity index (χ2n) is 3.96. The fourth-order valence-corrected chi connectivity index (χ4v) is 1.62. The Morgan fingerprint density at radius 1 is 1.50 bits per heavy atom. The summed E-state index contributed by atoms with van der Waals surface area (Å²) in [6, 6.07) is 0.814. The molecule has 3 nitrogen and oxygen atoms in total. The Morgan fingerprint density at radius 3 is 2.67 bits per heavy atom. The predicted octanol–water partition coefficient (Wildman–Crippen LogP) is 3.33. The molecule has 0 fully saturated rings. The summed E-state index contributed by atoms with van der Waals surface area (Å²) in [5.74, 6) is 0.218. The van der Waals surface area contributed by atoms with Gasteiger partial charge in [0.1, 0.15) is 5.82 Å². The molecule has 0 saturated heterocycles. The Balaban J connectivity index is 2.74. The minimum atomic E-state index is -4.45. The van der Waals surface area contributed by atoms with Crippen LogP contribution < -0.4 is 5.32 Å². The summed E-state index contributed by atoms with van der Waals surface area (Å²) in [6.45, 7) is 1.91. The summed E-state index contributed by atoms with van der Waals surface area (Å²) in [7, 11) is 0. The number of halogens is 4. The maximum absolute atomic E-state index is 12.4. The van der Waals surface area contributed by atoms with Crippen LogP contribution in [0.4, 0.5) is 19.0 Å². The molecule has 0 aromatic carbocycles. The molecule has 102 valence electrons. The maximum Gasteiger partial charge on any atom is 0.417 e. The second-order valence-corrected chi connectivity index (χ2v) is 4.37. The number of alkyl halides is 3. The molecule has 7 heteroatoms. The van der Waals surface area contributed by atoms with E-state index in [0.717, 1.165) is 12.3 Å². The van der Waals surface area contributed by atoms with Crippen LogP contribution >= 0.6 is 11.6 Å². The van der Waals surface area contributed by atoms with Crippen molar-refractivity contribution in [2.45, 2.75) is 32.0 Å². The average molecular weight is 283 g/mol. The van der Waals surface area contributed by atoms with Crippen LogP contribution in [0.2, 0.25) is 5.02 Å². The van der Waals surface area contributed by atoms with Crippen LogP contribution in [0.25, 0.3) is 0 Å². The molecular formula is C11H14ClF3N2O. The largest absolute Gasteiger partial charge is 0.417 e. The van der Waals surface area contributed by atoms with Crippen molar-refractivity contribution >= 4 is 17.4 Å². The van der Waals surface area contributed by atoms with E-state index in [2.05, 4.69) is 10.3 Å². The Labute approximate surface area is 108 Å². The number of anilines is 1. The van der Waals surface area contributed by atoms with Crippen molar-refractivity contribution in [3.8, 4) is 0 Å². The zero-order valence-corrected chi connectivity index (χ0v) is 10.5. The van der Waals surface area contributed by atoms with Crippen LogP contribution in [0.1, 0.15) is 25.3 Å². The molecule has 1 aromatic rings. The van der Waals surface area contributed by atoms with Crippen molar-refractivity contribution in [3.63, 3.8) is 0 Å². The standard InChI is InChI=1S/C11H14ClF3N2O/c1-7(3-2-4-18)17-10-9(12)5-8(6-16-10)11(13,14)15/h5-7,18H,2-4H2,1H3,(H,16,17). The van der Waals surface area contributed by atoms with Crippen LogP contribution in [-0.2, 0) is 6.18 Å². The Kier molecular flexibility index (Phi) is 5.22. The van der Waals surface area contributed by atoms with Gasteiger partial charge in [0.15, 0.2) is 0 Å². The first-order valence-corrected chi connectivity index (χ1v) is 5.82. The van der Waals surface area contributed by atoms with E-state index < -0.39 is 11.7 Å². The third-order valence-electron chi connectivity index (χ3n) is 2.35. The van der Waals surface area contributed by atoms with E-state index in [1.54, 1.807) is 0 Å². The summed E-state index contributed by atoms with van der Waals surface area (Å²) in [5.41, 5.74) is -0.874. The van der Waals surface area contributed by atoms with Crippen LogP contribution in [0.3, 0.4) is 0 Å². The Morgan fingerprint density at radius 2 is 2.17 bits per heavy atom. The summed E-state index contributed by atoms with van der Waals surface area (Å²) >= 11 is 5.74. The zero-order valence-electron chi connectivity index (χ0n) is 9.76. The molecule has 0 bridgehead atoms. The molecule has 1 atom stereocenters. The molecule has 1 heterocycles. The molecule has 0 aliphatic heterocycles. The van der Waals surface area contributed by atoms with Gasteiger partial charge in [-0.2, -0.15) is 13.2 Å². The highest BCUT2D eigenvalue weighted by Gasteiger charge is 2.31. The van der Waals surface area contributed by atoms with Crippen LogP contribution in [0.15, 0.2) is 12.3 Å². The van der Waals surface area contributed by atoms with Crippen LogP contribution in [0.5, 0.6) is 0 Å². The fraction of sp³-hybridized carbons (Fsp3) is 0.545. The normalized spacial score (nSPS) is 13.4. The molecule has 1 aromatic heterocycles. The number of nitrogens with zero attached hydrogens (tertiary/aromatic N) is 1. The van der Waals surface area contributed by atoms with Crippen molar-refractivity contribution in [1.82, 2.24) is 4.98 Å². The van der Waals surface area contributed by atoms with Gasteiger partial charge in [0.05, 0.1) is 10.6 Å². The van der Waals surface area contributed by atoms with E-state index in [1.165, 1.54) is 0 Å². The van der Waals surface area contributed by atoms with Crippen molar-refractivity contribution in [2.24, 2.45) is 0 Å². The molecule has 0 aliphatic carbocycles. The predicted molar refractivity (Wildman–Crippen MR) is 63.7 cm³/mol. The first-order chi connectivity index (χ1) is 8.34. The summed E-state index contributed by atoms with van der Waals surface area (Å²) in [5, 5.41) is 11.5. The molecule has 0 saturated carbocycles. The number of aliphatic hydroxyl groups is 1. The lowest BCUT2D eigenvalue weighted by molar-refractivity contribution is -0.137. The Bertz CT molecular complexity index is 398. The third-order valence-corrected chi connectivity index (χ3v) is 2.63. The van der Waals surface area contributed by atoms with Crippen molar-refractivity contribution in [2.75, 3.05) is 11.9 Å². The molecule has 0 amide bonds. The molecule has 2 N–H and O–H groups in total. The highest BCUT2D eigenvalue weighted by Crippen LogP contribution is 2.32. The third kappa shape index (κ3) is 4.34. The number of hydrogen-bond acceptors (Lipinski definition) is 3. The highest BCUT2D eigenvalue weighted by atomic mass is 35.5. The van der Waals surface area contributed by atoms with E-state index in [-0.39, 0.29) is 23.5 Å². The van der Waals surface area contributed by atoms with Gasteiger partial charge in [-0.05, 0) is 25.8 Å². The first kappa shape index (κ1) is 15.0. The van der Waals surface area contributed by atoms with E-state index in [9.17, 15) is 13.2 Å². The first-order valence-electron chi connectivity index (χ1n) is 5.44. The SMILES string of the molecule is CC(CCCO)Nc1ncc(C(F)(F)F)cc1Cl. The minimum absolute atomic E-state index is 0.0288. The molecule has 1 unspecified atom stereocenters. The quantitative estimate of drug-likeness (QED) is 0.871. The van der Waals surface area contributed by atoms with Gasteiger partial charge in [-0.15, -0.1) is 0 Å². The lowest BCUT2D eigenvalue weighted by Crippen LogP contribution is -2.17. The van der Waals surface area contributed by atoms with Gasteiger partial charge in [0.25, 0.3) is 0 Å². The summed E-state index contributed by atoms with van der Waals surface area (Å²) in [4.78, 5) is 3.67. The molecule has 1 rings (SSSR count). The van der Waals surface area contributed by atoms with Gasteiger partial charge in [-0.25, -0.2) is 4.98 Å². The van der Waals surface area contributed by atoms with E-state index in [0.29, 0.717) is 12.8 Å². The lowest BCUT2D eigenvalue weighted by Gasteiger charge is -2.15. The smallest absolute Gasteiger partial charge is 0.396 e. The average Bonchev–Trinajstić information content (AvgIpc) is 2.27. The van der Waals surface area contributed by atoms with Gasteiger partial charge < -0.3 is 10.4 Å². The number of nitrogens with one attached hydrogen (secondary N) is 1. The molecule has 18 heavy (non-hydrogen) atoms. The van der Waals surface area contributed by atoms with E-state index in [1.807, 2.05) is 6.92 Å². The highest BCUT2D eigenvalue weighted by molar-refractivity contribution is 6.32. The van der Waals surface area contributed by atoms with Gasteiger partial charge >= 0.3 is 6.18 Å². The van der Waals surface area contributed by atoms with Crippen molar-refractivity contribution < 1.29 is 18.3 Å². The molecular weight excluding hydrogens is 269 g/mol. The molecule has 0 aliphatic rings. The summed E-state index contributed by atoms with van der Waals surface area (Å²) < 4.78 is 37.1. The monoisotopic (exact) mass is 282 g/mol. The zero-order chi connectivity index (χ0) is 13.8. The van der Waals surface area contributed by atoms with E-state index >= 15 is 0 Å². The van der Waals surface area contributed by atoms with Gasteiger partial charge in [0.2, 0.25) is 0 Å².